The molecule has 2 heterocycles. The van der Waals surface area contributed by atoms with Gasteiger partial charge in [-0.25, -0.2) is 0 Å². The molecule has 0 aromatic rings. The van der Waals surface area contributed by atoms with E-state index in [1.54, 1.807) is 0 Å². The van der Waals surface area contributed by atoms with Gasteiger partial charge in [-0.2, -0.15) is 0 Å². The van der Waals surface area contributed by atoms with E-state index in [0.717, 1.165) is 50.3 Å². The van der Waals surface area contributed by atoms with Crippen molar-refractivity contribution in [1.82, 2.24) is 10.6 Å². The van der Waals surface area contributed by atoms with Crippen LogP contribution >= 0.6 is 0 Å². The minimum atomic E-state index is -0.644. The molecule has 2 aliphatic heterocycles. The molecule has 92 valence electrons. The lowest BCUT2D eigenvalue weighted by atomic mass is 9.98. The Labute approximate surface area is 99.0 Å². The van der Waals surface area contributed by atoms with Crippen LogP contribution in [-0.2, 0) is 15.6 Å². The third-order valence-corrected chi connectivity index (χ3v) is 4.78. The zero-order valence-corrected chi connectivity index (χ0v) is 10.4. The SMILES string of the molecule is O=C(NC1CCS(=O)CC1)[C@@H]1CCCNC1. The first-order valence-corrected chi connectivity index (χ1v) is 7.60. The maximum atomic E-state index is 11.9. The maximum absolute atomic E-state index is 11.9. The molecule has 0 radical (unpaired) electrons. The van der Waals surface area contributed by atoms with Gasteiger partial charge in [-0.15, -0.1) is 0 Å². The molecule has 5 heteroatoms. The van der Waals surface area contributed by atoms with E-state index in [1.165, 1.54) is 0 Å². The molecular formula is C11H20N2O2S. The fourth-order valence-corrected chi connectivity index (χ4v) is 3.63. The molecule has 0 bridgehead atoms. The van der Waals surface area contributed by atoms with Gasteiger partial charge in [-0.3, -0.25) is 9.00 Å². The van der Waals surface area contributed by atoms with Gasteiger partial charge in [0.15, 0.2) is 0 Å². The highest BCUT2D eigenvalue weighted by Crippen LogP contribution is 2.13. The van der Waals surface area contributed by atoms with E-state index in [-0.39, 0.29) is 17.9 Å². The molecule has 2 N–H and O–H groups in total. The molecule has 2 saturated heterocycles. The fraction of sp³-hybridized carbons (Fsp3) is 0.909. The first kappa shape index (κ1) is 12.0. The monoisotopic (exact) mass is 244 g/mol. The smallest absolute Gasteiger partial charge is 0.224 e. The minimum Gasteiger partial charge on any atom is -0.353 e. The van der Waals surface area contributed by atoms with Gasteiger partial charge in [0.1, 0.15) is 0 Å². The van der Waals surface area contributed by atoms with Gasteiger partial charge in [0.2, 0.25) is 5.91 Å². The van der Waals surface area contributed by atoms with E-state index in [9.17, 15) is 9.00 Å². The van der Waals surface area contributed by atoms with Crippen molar-refractivity contribution in [3.8, 4) is 0 Å². The van der Waals surface area contributed by atoms with Crippen LogP contribution in [0.15, 0.2) is 0 Å². The molecule has 16 heavy (non-hydrogen) atoms. The lowest BCUT2D eigenvalue weighted by Crippen LogP contribution is -2.46. The van der Waals surface area contributed by atoms with Crippen LogP contribution in [0.2, 0.25) is 0 Å². The van der Waals surface area contributed by atoms with Crippen LogP contribution in [0.25, 0.3) is 0 Å². The Morgan fingerprint density at radius 3 is 2.62 bits per heavy atom. The summed E-state index contributed by atoms with van der Waals surface area (Å²) in [6.45, 7) is 1.84. The summed E-state index contributed by atoms with van der Waals surface area (Å²) in [6.07, 6.45) is 3.83. The Kier molecular flexibility index (Phi) is 4.35. The quantitative estimate of drug-likeness (QED) is 0.719. The molecule has 0 spiro atoms. The first-order chi connectivity index (χ1) is 7.75. The summed E-state index contributed by atoms with van der Waals surface area (Å²) < 4.78 is 11.2. The number of nitrogens with one attached hydrogen (secondary N) is 2. The average molecular weight is 244 g/mol. The van der Waals surface area contributed by atoms with Gasteiger partial charge in [0.25, 0.3) is 0 Å². The zero-order valence-electron chi connectivity index (χ0n) is 9.54. The summed E-state index contributed by atoms with van der Waals surface area (Å²) in [4.78, 5) is 11.9. The Balaban J connectivity index is 1.75. The minimum absolute atomic E-state index is 0.140. The molecule has 2 fully saturated rings. The molecule has 0 saturated carbocycles. The van der Waals surface area contributed by atoms with Gasteiger partial charge in [-0.05, 0) is 32.2 Å². The Morgan fingerprint density at radius 1 is 1.25 bits per heavy atom. The Hall–Kier alpha value is -0.420. The third kappa shape index (κ3) is 3.28. The van der Waals surface area contributed by atoms with E-state index in [0.29, 0.717) is 0 Å². The van der Waals surface area contributed by atoms with Gasteiger partial charge < -0.3 is 10.6 Å². The Morgan fingerprint density at radius 2 is 2.00 bits per heavy atom. The normalized spacial score (nSPS) is 35.6. The van der Waals surface area contributed by atoms with Crippen LogP contribution in [0, 0.1) is 5.92 Å². The van der Waals surface area contributed by atoms with Crippen molar-refractivity contribution in [3.63, 3.8) is 0 Å². The van der Waals surface area contributed by atoms with Crippen LogP contribution in [0.4, 0.5) is 0 Å². The van der Waals surface area contributed by atoms with Crippen molar-refractivity contribution in [1.29, 1.82) is 0 Å². The molecule has 0 aromatic heterocycles. The first-order valence-electron chi connectivity index (χ1n) is 6.12. The second-order valence-electron chi connectivity index (χ2n) is 4.67. The molecule has 0 aliphatic carbocycles. The molecule has 2 aliphatic rings. The summed E-state index contributed by atoms with van der Waals surface area (Å²) >= 11 is 0. The van der Waals surface area contributed by atoms with E-state index in [4.69, 9.17) is 0 Å². The topological polar surface area (TPSA) is 58.2 Å². The average Bonchev–Trinajstić information content (AvgIpc) is 2.33. The van der Waals surface area contributed by atoms with E-state index >= 15 is 0 Å². The van der Waals surface area contributed by atoms with Crippen LogP contribution in [0.3, 0.4) is 0 Å². The number of carbonyl (C=O) groups excluding carboxylic acids is 1. The lowest BCUT2D eigenvalue weighted by Gasteiger charge is -2.27. The number of hydrogen-bond acceptors (Lipinski definition) is 3. The predicted octanol–water partition coefficient (Wildman–Crippen LogP) is 0.0133. The predicted molar refractivity (Wildman–Crippen MR) is 64.6 cm³/mol. The van der Waals surface area contributed by atoms with E-state index < -0.39 is 10.8 Å². The van der Waals surface area contributed by atoms with Crippen molar-refractivity contribution in [2.24, 2.45) is 5.92 Å². The molecule has 0 aromatic carbocycles. The van der Waals surface area contributed by atoms with Gasteiger partial charge in [0.05, 0.1) is 5.92 Å². The van der Waals surface area contributed by atoms with Crippen molar-refractivity contribution in [3.05, 3.63) is 0 Å². The third-order valence-electron chi connectivity index (χ3n) is 3.40. The van der Waals surface area contributed by atoms with Crippen molar-refractivity contribution in [2.75, 3.05) is 24.6 Å². The number of piperidine rings is 1. The van der Waals surface area contributed by atoms with Crippen LogP contribution in [0.1, 0.15) is 25.7 Å². The fourth-order valence-electron chi connectivity index (χ4n) is 2.33. The summed E-state index contributed by atoms with van der Waals surface area (Å²) in [5, 5.41) is 6.35. The second kappa shape index (κ2) is 5.77. The van der Waals surface area contributed by atoms with Crippen LogP contribution in [-0.4, -0.2) is 40.8 Å². The van der Waals surface area contributed by atoms with Gasteiger partial charge in [0, 0.05) is 34.9 Å². The van der Waals surface area contributed by atoms with Crippen molar-refractivity contribution < 1.29 is 9.00 Å². The van der Waals surface area contributed by atoms with Gasteiger partial charge in [-0.1, -0.05) is 0 Å². The standard InChI is InChI=1S/C11H20N2O2S/c14-11(9-2-1-5-12-8-9)13-10-3-6-16(15)7-4-10/h9-10,12H,1-8H2,(H,13,14)/t9-,10?,16?/m1/s1. The molecule has 2 rings (SSSR count). The summed E-state index contributed by atoms with van der Waals surface area (Å²) in [5.74, 6) is 1.81. The lowest BCUT2D eigenvalue weighted by molar-refractivity contribution is -0.126. The van der Waals surface area contributed by atoms with Crippen LogP contribution < -0.4 is 10.6 Å². The number of amides is 1. The number of hydrogen-bond donors (Lipinski definition) is 2. The largest absolute Gasteiger partial charge is 0.353 e. The molecule has 0 unspecified atom stereocenters. The van der Waals surface area contributed by atoms with Crippen LogP contribution in [0.5, 0.6) is 0 Å². The number of rotatable bonds is 2. The molecule has 1 atom stereocenters. The second-order valence-corrected chi connectivity index (χ2v) is 6.37. The van der Waals surface area contributed by atoms with Gasteiger partial charge >= 0.3 is 0 Å². The van der Waals surface area contributed by atoms with E-state index in [2.05, 4.69) is 10.6 Å². The summed E-state index contributed by atoms with van der Waals surface area (Å²) in [6, 6.07) is 0.257. The zero-order chi connectivity index (χ0) is 11.4. The highest BCUT2D eigenvalue weighted by Gasteiger charge is 2.25. The highest BCUT2D eigenvalue weighted by molar-refractivity contribution is 7.85. The number of carbonyl (C=O) groups is 1. The van der Waals surface area contributed by atoms with E-state index in [1.807, 2.05) is 0 Å². The molecule has 4 nitrogen and oxygen atoms in total. The highest BCUT2D eigenvalue weighted by atomic mass is 32.2. The summed E-state index contributed by atoms with van der Waals surface area (Å²) in [7, 11) is -0.644. The summed E-state index contributed by atoms with van der Waals surface area (Å²) in [5.41, 5.74) is 0. The Bertz CT molecular complexity index is 267. The van der Waals surface area contributed by atoms with Crippen molar-refractivity contribution in [2.45, 2.75) is 31.7 Å². The van der Waals surface area contributed by atoms with Crippen molar-refractivity contribution >= 4 is 16.7 Å². The maximum Gasteiger partial charge on any atom is 0.224 e. The molecular weight excluding hydrogens is 224 g/mol. The molecule has 1 amide bonds.